The topological polar surface area (TPSA) is 87.8 Å². The molecule has 0 fully saturated rings. The summed E-state index contributed by atoms with van der Waals surface area (Å²) in [5.41, 5.74) is 5.46. The third-order valence-corrected chi connectivity index (χ3v) is 1.11. The number of rotatable bonds is 2. The second-order valence-corrected chi connectivity index (χ2v) is 2.09. The molecule has 5 nitrogen and oxygen atoms in total. The monoisotopic (exact) mass is 142 g/mol. The molecular formula is C5H10N4O. The molecule has 1 aromatic heterocycles. The number of nitrogens with one attached hydrogen (secondary N) is 1. The molecule has 0 unspecified atom stereocenters. The fourth-order valence-electron chi connectivity index (χ4n) is 0.584. The molecule has 0 amide bonds. The van der Waals surface area contributed by atoms with E-state index < -0.39 is 0 Å². The predicted molar refractivity (Wildman–Crippen MR) is 34.9 cm³/mol. The normalized spacial score (nSPS) is 13.5. The van der Waals surface area contributed by atoms with Gasteiger partial charge in [0.25, 0.3) is 0 Å². The van der Waals surface area contributed by atoms with Gasteiger partial charge in [0, 0.05) is 0 Å². The van der Waals surface area contributed by atoms with Gasteiger partial charge in [-0.05, 0) is 6.92 Å². The number of hydrogen-bond acceptors (Lipinski definition) is 4. The van der Waals surface area contributed by atoms with Crippen LogP contribution < -0.4 is 5.73 Å². The minimum Gasteiger partial charge on any atom is -0.388 e. The van der Waals surface area contributed by atoms with Crippen molar-refractivity contribution in [2.45, 2.75) is 19.6 Å². The van der Waals surface area contributed by atoms with Crippen molar-refractivity contribution in [2.24, 2.45) is 5.73 Å². The number of aliphatic hydroxyl groups excluding tert-OH is 1. The summed E-state index contributed by atoms with van der Waals surface area (Å²) in [4.78, 5) is 3.89. The Kier molecular flexibility index (Phi) is 1.98. The Labute approximate surface area is 58.3 Å². The molecule has 56 valence electrons. The minimum atomic E-state index is -0.184. The van der Waals surface area contributed by atoms with Gasteiger partial charge in [-0.2, -0.15) is 5.10 Å². The van der Waals surface area contributed by atoms with Gasteiger partial charge < -0.3 is 10.8 Å². The summed E-state index contributed by atoms with van der Waals surface area (Å²) in [6.07, 6.45) is 0. The number of aromatic nitrogens is 3. The molecule has 1 heterocycles. The van der Waals surface area contributed by atoms with E-state index in [1.54, 1.807) is 6.92 Å². The van der Waals surface area contributed by atoms with Crippen LogP contribution in [0.2, 0.25) is 0 Å². The summed E-state index contributed by atoms with van der Waals surface area (Å²) < 4.78 is 0. The maximum atomic E-state index is 8.56. The Morgan fingerprint density at radius 2 is 2.50 bits per heavy atom. The van der Waals surface area contributed by atoms with Gasteiger partial charge in [-0.1, -0.05) is 0 Å². The first-order valence-corrected chi connectivity index (χ1v) is 3.01. The molecule has 0 aliphatic heterocycles. The number of nitrogens with two attached hydrogens (primary N) is 1. The van der Waals surface area contributed by atoms with Gasteiger partial charge in [0.1, 0.15) is 12.4 Å². The molecule has 1 atom stereocenters. The molecule has 10 heavy (non-hydrogen) atoms. The predicted octanol–water partition coefficient (Wildman–Crippen LogP) is -0.683. The van der Waals surface area contributed by atoms with Crippen LogP contribution in [0.4, 0.5) is 0 Å². The maximum Gasteiger partial charge on any atom is 0.167 e. The van der Waals surface area contributed by atoms with Crippen molar-refractivity contribution >= 4 is 0 Å². The van der Waals surface area contributed by atoms with E-state index in [-0.39, 0.29) is 12.6 Å². The van der Waals surface area contributed by atoms with Gasteiger partial charge >= 0.3 is 0 Å². The summed E-state index contributed by atoms with van der Waals surface area (Å²) in [6.45, 7) is 1.66. The van der Waals surface area contributed by atoms with E-state index in [1.165, 1.54) is 0 Å². The van der Waals surface area contributed by atoms with Crippen molar-refractivity contribution in [1.82, 2.24) is 15.2 Å². The molecule has 1 rings (SSSR count). The highest BCUT2D eigenvalue weighted by molar-refractivity contribution is 4.92. The first-order chi connectivity index (χ1) is 4.74. The van der Waals surface area contributed by atoms with Crippen LogP contribution in [0, 0.1) is 0 Å². The number of hydrogen-bond donors (Lipinski definition) is 3. The Morgan fingerprint density at radius 3 is 2.80 bits per heavy atom. The lowest BCUT2D eigenvalue weighted by Crippen LogP contribution is -2.06. The first-order valence-electron chi connectivity index (χ1n) is 3.01. The number of nitrogens with zero attached hydrogens (tertiary/aromatic N) is 2. The van der Waals surface area contributed by atoms with Crippen LogP contribution in [-0.4, -0.2) is 20.3 Å². The molecule has 0 bridgehead atoms. The van der Waals surface area contributed by atoms with E-state index in [0.717, 1.165) is 0 Å². The van der Waals surface area contributed by atoms with Gasteiger partial charge in [0.15, 0.2) is 5.82 Å². The van der Waals surface area contributed by atoms with Crippen LogP contribution >= 0.6 is 0 Å². The highest BCUT2D eigenvalue weighted by atomic mass is 16.3. The summed E-state index contributed by atoms with van der Waals surface area (Å²) >= 11 is 0. The smallest absolute Gasteiger partial charge is 0.167 e. The summed E-state index contributed by atoms with van der Waals surface area (Å²) in [5, 5.41) is 14.9. The van der Waals surface area contributed by atoms with E-state index in [0.29, 0.717) is 11.6 Å². The molecular weight excluding hydrogens is 132 g/mol. The zero-order valence-corrected chi connectivity index (χ0v) is 5.70. The lowest BCUT2D eigenvalue weighted by molar-refractivity contribution is 0.271. The SMILES string of the molecule is C[C@@H](N)c1n[nH]c(CO)n1. The molecule has 0 aliphatic carbocycles. The summed E-state index contributed by atoms with van der Waals surface area (Å²) in [7, 11) is 0. The van der Waals surface area contributed by atoms with Crippen molar-refractivity contribution in [3.8, 4) is 0 Å². The van der Waals surface area contributed by atoms with Crippen LogP contribution in [-0.2, 0) is 6.61 Å². The molecule has 0 aromatic carbocycles. The second-order valence-electron chi connectivity index (χ2n) is 2.09. The molecule has 0 aliphatic rings. The Balaban J connectivity index is 2.78. The van der Waals surface area contributed by atoms with E-state index in [1.807, 2.05) is 0 Å². The van der Waals surface area contributed by atoms with E-state index >= 15 is 0 Å². The van der Waals surface area contributed by atoms with Gasteiger partial charge in [-0.15, -0.1) is 0 Å². The van der Waals surface area contributed by atoms with Crippen LogP contribution in [0.5, 0.6) is 0 Å². The molecule has 0 saturated heterocycles. The Morgan fingerprint density at radius 1 is 1.80 bits per heavy atom. The Bertz CT molecular complexity index is 207. The van der Waals surface area contributed by atoms with Crippen LogP contribution in [0.1, 0.15) is 24.6 Å². The van der Waals surface area contributed by atoms with E-state index in [2.05, 4.69) is 15.2 Å². The largest absolute Gasteiger partial charge is 0.388 e. The van der Waals surface area contributed by atoms with Gasteiger partial charge in [-0.3, -0.25) is 5.10 Å². The fraction of sp³-hybridized carbons (Fsp3) is 0.600. The summed E-state index contributed by atoms with van der Waals surface area (Å²) in [6, 6.07) is -0.184. The van der Waals surface area contributed by atoms with Crippen molar-refractivity contribution in [3.63, 3.8) is 0 Å². The quantitative estimate of drug-likeness (QED) is 0.510. The molecule has 5 heteroatoms. The van der Waals surface area contributed by atoms with Gasteiger partial charge in [0.05, 0.1) is 6.04 Å². The fourth-order valence-corrected chi connectivity index (χ4v) is 0.584. The van der Waals surface area contributed by atoms with E-state index in [9.17, 15) is 0 Å². The molecule has 1 aromatic rings. The highest BCUT2D eigenvalue weighted by Crippen LogP contribution is 2.00. The summed E-state index contributed by atoms with van der Waals surface area (Å²) in [5.74, 6) is 0.983. The average Bonchev–Trinajstić information content (AvgIpc) is 2.34. The van der Waals surface area contributed by atoms with Gasteiger partial charge in [0.2, 0.25) is 0 Å². The lowest BCUT2D eigenvalue weighted by atomic mass is 10.3. The number of aromatic amines is 1. The van der Waals surface area contributed by atoms with Crippen molar-refractivity contribution < 1.29 is 5.11 Å². The lowest BCUT2D eigenvalue weighted by Gasteiger charge is -1.93. The van der Waals surface area contributed by atoms with Crippen molar-refractivity contribution in [3.05, 3.63) is 11.6 Å². The van der Waals surface area contributed by atoms with Crippen molar-refractivity contribution in [2.75, 3.05) is 0 Å². The molecule has 0 spiro atoms. The standard InChI is InChI=1S/C5H10N4O/c1-3(6)5-7-4(2-10)8-9-5/h3,10H,2,6H2,1H3,(H,7,8,9)/t3-/m1/s1. The van der Waals surface area contributed by atoms with Crippen LogP contribution in [0.15, 0.2) is 0 Å². The zero-order chi connectivity index (χ0) is 7.56. The zero-order valence-electron chi connectivity index (χ0n) is 5.70. The third-order valence-electron chi connectivity index (χ3n) is 1.11. The van der Waals surface area contributed by atoms with Crippen LogP contribution in [0.3, 0.4) is 0 Å². The third kappa shape index (κ3) is 1.31. The molecule has 0 radical (unpaired) electrons. The minimum absolute atomic E-state index is 0.125. The van der Waals surface area contributed by atoms with Crippen LogP contribution in [0.25, 0.3) is 0 Å². The number of aliphatic hydroxyl groups is 1. The maximum absolute atomic E-state index is 8.56. The molecule has 0 saturated carbocycles. The molecule has 4 N–H and O–H groups in total. The van der Waals surface area contributed by atoms with E-state index in [4.69, 9.17) is 10.8 Å². The number of H-pyrrole nitrogens is 1. The highest BCUT2D eigenvalue weighted by Gasteiger charge is 2.04. The van der Waals surface area contributed by atoms with Gasteiger partial charge in [-0.25, -0.2) is 4.98 Å². The second kappa shape index (κ2) is 2.76. The van der Waals surface area contributed by atoms with Crippen molar-refractivity contribution in [1.29, 1.82) is 0 Å². The first kappa shape index (κ1) is 7.17. The average molecular weight is 142 g/mol. The Hall–Kier alpha value is -0.940.